The van der Waals surface area contributed by atoms with E-state index in [4.69, 9.17) is 4.74 Å². The van der Waals surface area contributed by atoms with Crippen LogP contribution in [0.5, 0.6) is 5.88 Å². The summed E-state index contributed by atoms with van der Waals surface area (Å²) in [5, 5.41) is 3.56. The number of hydrogen-bond acceptors (Lipinski definition) is 4. The van der Waals surface area contributed by atoms with Crippen LogP contribution in [0.4, 0.5) is 5.95 Å². The summed E-state index contributed by atoms with van der Waals surface area (Å²) in [4.78, 5) is 9.04. The van der Waals surface area contributed by atoms with Crippen molar-refractivity contribution in [2.24, 2.45) is 11.8 Å². The molecule has 2 atom stereocenters. The Hall–Kier alpha value is -1.32. The van der Waals surface area contributed by atoms with Crippen molar-refractivity contribution >= 4 is 5.95 Å². The van der Waals surface area contributed by atoms with Crippen LogP contribution >= 0.6 is 0 Å². The van der Waals surface area contributed by atoms with Crippen LogP contribution in [0.2, 0.25) is 0 Å². The predicted molar refractivity (Wildman–Crippen MR) is 86.7 cm³/mol. The van der Waals surface area contributed by atoms with Crippen molar-refractivity contribution in [3.63, 3.8) is 0 Å². The molecule has 1 heterocycles. The molecule has 2 rings (SSSR count). The van der Waals surface area contributed by atoms with Crippen molar-refractivity contribution in [3.05, 3.63) is 11.8 Å². The molecule has 0 spiro atoms. The highest BCUT2D eigenvalue weighted by molar-refractivity contribution is 5.32. The summed E-state index contributed by atoms with van der Waals surface area (Å²) in [5.41, 5.74) is 0.944. The van der Waals surface area contributed by atoms with Gasteiger partial charge in [0.05, 0.1) is 6.10 Å². The summed E-state index contributed by atoms with van der Waals surface area (Å²) in [5.74, 6) is 2.77. The monoisotopic (exact) mass is 291 g/mol. The zero-order valence-corrected chi connectivity index (χ0v) is 14.0. The fourth-order valence-electron chi connectivity index (χ4n) is 3.21. The van der Waals surface area contributed by atoms with Gasteiger partial charge >= 0.3 is 0 Å². The quantitative estimate of drug-likeness (QED) is 0.883. The number of aromatic nitrogens is 2. The summed E-state index contributed by atoms with van der Waals surface area (Å²) < 4.78 is 5.71. The molecule has 2 unspecified atom stereocenters. The smallest absolute Gasteiger partial charge is 0.226 e. The number of ether oxygens (including phenoxy) is 1. The second-order valence-corrected chi connectivity index (χ2v) is 6.78. The van der Waals surface area contributed by atoms with Gasteiger partial charge in [-0.1, -0.05) is 26.7 Å². The highest BCUT2D eigenvalue weighted by atomic mass is 16.5. The lowest BCUT2D eigenvalue weighted by atomic mass is 9.78. The Kier molecular flexibility index (Phi) is 5.43. The van der Waals surface area contributed by atoms with Crippen molar-refractivity contribution in [1.29, 1.82) is 0 Å². The molecule has 0 aromatic carbocycles. The average Bonchev–Trinajstić information content (AvgIpc) is 2.37. The molecule has 1 aliphatic rings. The Morgan fingerprint density at radius 1 is 1.14 bits per heavy atom. The first-order valence-corrected chi connectivity index (χ1v) is 8.24. The van der Waals surface area contributed by atoms with E-state index in [0.29, 0.717) is 29.7 Å². The van der Waals surface area contributed by atoms with Gasteiger partial charge in [-0.3, -0.25) is 0 Å². The second kappa shape index (κ2) is 7.10. The normalized spacial score (nSPS) is 22.6. The first-order chi connectivity index (χ1) is 9.95. The zero-order chi connectivity index (χ0) is 15.4. The van der Waals surface area contributed by atoms with Crippen molar-refractivity contribution in [2.75, 3.05) is 5.32 Å². The van der Waals surface area contributed by atoms with Gasteiger partial charge in [0.1, 0.15) is 0 Å². The molecule has 1 N–H and O–H groups in total. The molecule has 0 aliphatic heterocycles. The molecule has 1 aliphatic carbocycles. The van der Waals surface area contributed by atoms with Gasteiger partial charge in [-0.2, -0.15) is 4.98 Å². The Labute approximate surface area is 128 Å². The molecule has 4 heteroatoms. The SMILES string of the molecule is Cc1cc(OC(C)C)nc(NC2CCCCC2C(C)C)n1. The maximum Gasteiger partial charge on any atom is 0.226 e. The average molecular weight is 291 g/mol. The molecule has 4 nitrogen and oxygen atoms in total. The number of nitrogens with zero attached hydrogens (tertiary/aromatic N) is 2. The highest BCUT2D eigenvalue weighted by Gasteiger charge is 2.28. The molecule has 21 heavy (non-hydrogen) atoms. The first kappa shape index (κ1) is 16.1. The van der Waals surface area contributed by atoms with E-state index in [1.54, 1.807) is 0 Å². The van der Waals surface area contributed by atoms with Gasteiger partial charge in [-0.15, -0.1) is 0 Å². The highest BCUT2D eigenvalue weighted by Crippen LogP contribution is 2.32. The molecule has 0 radical (unpaired) electrons. The predicted octanol–water partition coefficient (Wildman–Crippen LogP) is 4.20. The van der Waals surface area contributed by atoms with E-state index in [2.05, 4.69) is 29.1 Å². The number of hydrogen-bond donors (Lipinski definition) is 1. The lowest BCUT2D eigenvalue weighted by Crippen LogP contribution is -2.35. The van der Waals surface area contributed by atoms with Crippen molar-refractivity contribution in [2.45, 2.75) is 72.4 Å². The zero-order valence-electron chi connectivity index (χ0n) is 14.0. The summed E-state index contributed by atoms with van der Waals surface area (Å²) in [6.45, 7) is 10.6. The van der Waals surface area contributed by atoms with Gasteiger partial charge in [0.15, 0.2) is 0 Å². The van der Waals surface area contributed by atoms with E-state index in [1.807, 2.05) is 26.8 Å². The number of anilines is 1. The van der Waals surface area contributed by atoms with Crippen LogP contribution in [-0.4, -0.2) is 22.1 Å². The summed E-state index contributed by atoms with van der Waals surface area (Å²) in [6.07, 6.45) is 5.28. The third-order valence-electron chi connectivity index (χ3n) is 4.18. The third-order valence-corrected chi connectivity index (χ3v) is 4.18. The summed E-state index contributed by atoms with van der Waals surface area (Å²) >= 11 is 0. The molecule has 1 aromatic heterocycles. The fourth-order valence-corrected chi connectivity index (χ4v) is 3.21. The molecule has 0 bridgehead atoms. The van der Waals surface area contributed by atoms with Crippen LogP contribution in [0.15, 0.2) is 6.07 Å². The largest absolute Gasteiger partial charge is 0.475 e. The lowest BCUT2D eigenvalue weighted by Gasteiger charge is -2.35. The molecular weight excluding hydrogens is 262 g/mol. The minimum absolute atomic E-state index is 0.130. The van der Waals surface area contributed by atoms with Gasteiger partial charge in [0.25, 0.3) is 0 Å². The summed E-state index contributed by atoms with van der Waals surface area (Å²) in [6, 6.07) is 2.37. The minimum Gasteiger partial charge on any atom is -0.475 e. The van der Waals surface area contributed by atoms with Crippen molar-refractivity contribution in [3.8, 4) is 5.88 Å². The molecule has 118 valence electrons. The minimum atomic E-state index is 0.130. The van der Waals surface area contributed by atoms with Gasteiger partial charge in [0, 0.05) is 17.8 Å². The molecule has 1 saturated carbocycles. The second-order valence-electron chi connectivity index (χ2n) is 6.78. The standard InChI is InChI=1S/C17H29N3O/c1-11(2)14-8-6-7-9-15(14)19-17-18-13(5)10-16(20-17)21-12(3)4/h10-12,14-15H,6-9H2,1-5H3,(H,18,19,20). The maximum atomic E-state index is 5.71. The third kappa shape index (κ3) is 4.58. The Morgan fingerprint density at radius 2 is 1.86 bits per heavy atom. The van der Waals surface area contributed by atoms with Crippen molar-refractivity contribution in [1.82, 2.24) is 9.97 Å². The van der Waals surface area contributed by atoms with Crippen LogP contribution in [0.1, 0.15) is 59.1 Å². The Bertz CT molecular complexity index is 459. The molecule has 0 saturated heterocycles. The fraction of sp³-hybridized carbons (Fsp3) is 0.765. The van der Waals surface area contributed by atoms with Crippen LogP contribution in [0, 0.1) is 18.8 Å². The topological polar surface area (TPSA) is 47.0 Å². The number of aryl methyl sites for hydroxylation is 1. The molecule has 0 amide bonds. The molecule has 1 fully saturated rings. The van der Waals surface area contributed by atoms with Crippen LogP contribution in [-0.2, 0) is 0 Å². The van der Waals surface area contributed by atoms with E-state index >= 15 is 0 Å². The molecule has 1 aromatic rings. The Balaban J connectivity index is 2.12. The van der Waals surface area contributed by atoms with Gasteiger partial charge < -0.3 is 10.1 Å². The number of rotatable bonds is 5. The first-order valence-electron chi connectivity index (χ1n) is 8.24. The van der Waals surface area contributed by atoms with Gasteiger partial charge in [-0.05, 0) is 45.4 Å². The van der Waals surface area contributed by atoms with Gasteiger partial charge in [0.2, 0.25) is 11.8 Å². The molecular formula is C17H29N3O. The van der Waals surface area contributed by atoms with Crippen LogP contribution in [0.3, 0.4) is 0 Å². The Morgan fingerprint density at radius 3 is 2.52 bits per heavy atom. The lowest BCUT2D eigenvalue weighted by molar-refractivity contribution is 0.231. The van der Waals surface area contributed by atoms with E-state index in [9.17, 15) is 0 Å². The number of nitrogens with one attached hydrogen (secondary N) is 1. The van der Waals surface area contributed by atoms with E-state index < -0.39 is 0 Å². The van der Waals surface area contributed by atoms with E-state index in [-0.39, 0.29) is 6.10 Å². The van der Waals surface area contributed by atoms with Crippen LogP contribution in [0.25, 0.3) is 0 Å². The van der Waals surface area contributed by atoms with E-state index in [0.717, 1.165) is 5.69 Å². The van der Waals surface area contributed by atoms with Crippen molar-refractivity contribution < 1.29 is 4.74 Å². The maximum absolute atomic E-state index is 5.71. The summed E-state index contributed by atoms with van der Waals surface area (Å²) in [7, 11) is 0. The van der Waals surface area contributed by atoms with E-state index in [1.165, 1.54) is 25.7 Å². The van der Waals surface area contributed by atoms with Gasteiger partial charge in [-0.25, -0.2) is 4.98 Å². The van der Waals surface area contributed by atoms with Crippen LogP contribution < -0.4 is 10.1 Å².